The van der Waals surface area contributed by atoms with Gasteiger partial charge in [-0.15, -0.1) is 0 Å². The predicted octanol–water partition coefficient (Wildman–Crippen LogP) is 3.33. The van der Waals surface area contributed by atoms with Crippen molar-refractivity contribution in [3.8, 4) is 16.9 Å². The first-order valence-corrected chi connectivity index (χ1v) is 6.28. The van der Waals surface area contributed by atoms with Gasteiger partial charge in [0.2, 0.25) is 0 Å². The number of ether oxygens (including phenoxy) is 1. The summed E-state index contributed by atoms with van der Waals surface area (Å²) >= 11 is 0. The third-order valence-corrected chi connectivity index (χ3v) is 2.90. The van der Waals surface area contributed by atoms with Crippen LogP contribution in [0.1, 0.15) is 6.92 Å². The first-order chi connectivity index (χ1) is 8.79. The molecule has 2 aromatic rings. The van der Waals surface area contributed by atoms with Crippen molar-refractivity contribution >= 4 is 0 Å². The Bertz CT molecular complexity index is 464. The van der Waals surface area contributed by atoms with Crippen LogP contribution in [0.2, 0.25) is 0 Å². The van der Waals surface area contributed by atoms with E-state index < -0.39 is 0 Å². The summed E-state index contributed by atoms with van der Waals surface area (Å²) in [6, 6.07) is 18.5. The lowest BCUT2D eigenvalue weighted by Crippen LogP contribution is -2.18. The molecule has 18 heavy (non-hydrogen) atoms. The van der Waals surface area contributed by atoms with E-state index in [2.05, 4.69) is 31.2 Å². The average molecular weight is 241 g/mol. The summed E-state index contributed by atoms with van der Waals surface area (Å²) in [5.41, 5.74) is 7.98. The molecule has 0 aliphatic rings. The second-order valence-electron chi connectivity index (χ2n) is 4.54. The van der Waals surface area contributed by atoms with Gasteiger partial charge in [-0.3, -0.25) is 0 Å². The fourth-order valence-corrected chi connectivity index (χ4v) is 1.68. The first kappa shape index (κ1) is 12.7. The second kappa shape index (κ2) is 6.22. The van der Waals surface area contributed by atoms with E-state index >= 15 is 0 Å². The summed E-state index contributed by atoms with van der Waals surface area (Å²) in [4.78, 5) is 0. The number of rotatable bonds is 5. The molecule has 0 aliphatic heterocycles. The fraction of sp³-hybridized carbons (Fsp3) is 0.250. The zero-order valence-corrected chi connectivity index (χ0v) is 10.7. The summed E-state index contributed by atoms with van der Waals surface area (Å²) in [7, 11) is 0. The van der Waals surface area contributed by atoms with Crippen molar-refractivity contribution < 1.29 is 4.74 Å². The van der Waals surface area contributed by atoms with E-state index in [4.69, 9.17) is 10.5 Å². The lowest BCUT2D eigenvalue weighted by molar-refractivity contribution is 0.264. The Morgan fingerprint density at radius 1 is 0.944 bits per heavy atom. The van der Waals surface area contributed by atoms with E-state index in [9.17, 15) is 0 Å². The van der Waals surface area contributed by atoms with E-state index in [1.165, 1.54) is 11.1 Å². The van der Waals surface area contributed by atoms with Gasteiger partial charge in [0.25, 0.3) is 0 Å². The Morgan fingerprint density at radius 2 is 1.56 bits per heavy atom. The second-order valence-corrected chi connectivity index (χ2v) is 4.54. The molecule has 0 aliphatic carbocycles. The molecule has 0 spiro atoms. The van der Waals surface area contributed by atoms with Gasteiger partial charge in [0, 0.05) is 5.92 Å². The predicted molar refractivity (Wildman–Crippen MR) is 75.6 cm³/mol. The highest BCUT2D eigenvalue weighted by Gasteiger charge is 2.01. The molecule has 0 saturated carbocycles. The zero-order chi connectivity index (χ0) is 12.8. The average Bonchev–Trinajstić information content (AvgIpc) is 2.46. The molecule has 1 atom stereocenters. The molecule has 0 bridgehead atoms. The fourth-order valence-electron chi connectivity index (χ4n) is 1.68. The summed E-state index contributed by atoms with van der Waals surface area (Å²) in [6.07, 6.45) is 0. The lowest BCUT2D eigenvalue weighted by Gasteiger charge is -2.11. The van der Waals surface area contributed by atoms with Crippen LogP contribution in [0.4, 0.5) is 0 Å². The SMILES string of the molecule is CC(CN)COc1ccc(-c2ccccc2)cc1. The molecule has 0 amide bonds. The third-order valence-electron chi connectivity index (χ3n) is 2.90. The van der Waals surface area contributed by atoms with Gasteiger partial charge < -0.3 is 10.5 Å². The highest BCUT2D eigenvalue weighted by molar-refractivity contribution is 5.63. The summed E-state index contributed by atoms with van der Waals surface area (Å²) < 4.78 is 5.67. The number of nitrogens with two attached hydrogens (primary N) is 1. The Hall–Kier alpha value is -1.80. The normalized spacial score (nSPS) is 12.1. The van der Waals surface area contributed by atoms with Crippen LogP contribution >= 0.6 is 0 Å². The largest absolute Gasteiger partial charge is 0.493 e. The van der Waals surface area contributed by atoms with Crippen molar-refractivity contribution in [3.05, 3.63) is 54.6 Å². The van der Waals surface area contributed by atoms with E-state index in [1.807, 2.05) is 30.3 Å². The van der Waals surface area contributed by atoms with Crippen molar-refractivity contribution in [2.24, 2.45) is 11.7 Å². The maximum absolute atomic E-state index is 5.67. The molecular formula is C16H19NO. The van der Waals surface area contributed by atoms with Gasteiger partial charge in [-0.2, -0.15) is 0 Å². The number of benzene rings is 2. The maximum Gasteiger partial charge on any atom is 0.119 e. The van der Waals surface area contributed by atoms with Crippen molar-refractivity contribution in [2.45, 2.75) is 6.92 Å². The van der Waals surface area contributed by atoms with Crippen LogP contribution < -0.4 is 10.5 Å². The van der Waals surface area contributed by atoms with Crippen LogP contribution in [0, 0.1) is 5.92 Å². The maximum atomic E-state index is 5.67. The molecule has 0 aromatic heterocycles. The monoisotopic (exact) mass is 241 g/mol. The van der Waals surface area contributed by atoms with Crippen molar-refractivity contribution in [3.63, 3.8) is 0 Å². The van der Waals surface area contributed by atoms with Crippen LogP contribution in [0.3, 0.4) is 0 Å². The summed E-state index contributed by atoms with van der Waals surface area (Å²) in [6.45, 7) is 3.40. The molecule has 2 rings (SSSR count). The minimum atomic E-state index is 0.388. The smallest absolute Gasteiger partial charge is 0.119 e. The third kappa shape index (κ3) is 3.34. The van der Waals surface area contributed by atoms with Gasteiger partial charge in [-0.1, -0.05) is 49.4 Å². The first-order valence-electron chi connectivity index (χ1n) is 6.28. The number of hydrogen-bond acceptors (Lipinski definition) is 2. The van der Waals surface area contributed by atoms with Gasteiger partial charge in [0.1, 0.15) is 5.75 Å². The Balaban J connectivity index is 2.02. The minimum absolute atomic E-state index is 0.388. The van der Waals surface area contributed by atoms with Gasteiger partial charge >= 0.3 is 0 Å². The Morgan fingerprint density at radius 3 is 2.17 bits per heavy atom. The van der Waals surface area contributed by atoms with E-state index in [-0.39, 0.29) is 0 Å². The molecule has 94 valence electrons. The van der Waals surface area contributed by atoms with Crippen LogP contribution in [-0.2, 0) is 0 Å². The molecular weight excluding hydrogens is 222 g/mol. The van der Waals surface area contributed by atoms with E-state index in [1.54, 1.807) is 0 Å². The molecule has 1 unspecified atom stereocenters. The van der Waals surface area contributed by atoms with E-state index in [0.717, 1.165) is 5.75 Å². The van der Waals surface area contributed by atoms with Gasteiger partial charge in [-0.05, 0) is 29.8 Å². The highest BCUT2D eigenvalue weighted by Crippen LogP contribution is 2.22. The molecule has 2 heteroatoms. The van der Waals surface area contributed by atoms with Crippen molar-refractivity contribution in [1.82, 2.24) is 0 Å². The van der Waals surface area contributed by atoms with E-state index in [0.29, 0.717) is 19.1 Å². The Labute approximate surface area is 108 Å². The quantitative estimate of drug-likeness (QED) is 0.871. The number of hydrogen-bond donors (Lipinski definition) is 1. The molecule has 0 fully saturated rings. The molecule has 0 radical (unpaired) electrons. The van der Waals surface area contributed by atoms with Crippen LogP contribution in [-0.4, -0.2) is 13.2 Å². The molecule has 2 N–H and O–H groups in total. The topological polar surface area (TPSA) is 35.2 Å². The highest BCUT2D eigenvalue weighted by atomic mass is 16.5. The van der Waals surface area contributed by atoms with Gasteiger partial charge in [-0.25, -0.2) is 0 Å². The zero-order valence-electron chi connectivity index (χ0n) is 10.7. The van der Waals surface area contributed by atoms with Crippen LogP contribution in [0.15, 0.2) is 54.6 Å². The summed E-state index contributed by atoms with van der Waals surface area (Å²) in [5, 5.41) is 0. The standard InChI is InChI=1S/C16H19NO/c1-13(11-17)12-18-16-9-7-15(8-10-16)14-5-3-2-4-6-14/h2-10,13H,11-12,17H2,1H3. The van der Waals surface area contributed by atoms with Crippen LogP contribution in [0.5, 0.6) is 5.75 Å². The summed E-state index contributed by atoms with van der Waals surface area (Å²) in [5.74, 6) is 1.29. The molecule has 2 nitrogen and oxygen atoms in total. The van der Waals surface area contributed by atoms with Crippen molar-refractivity contribution in [2.75, 3.05) is 13.2 Å². The molecule has 2 aromatic carbocycles. The van der Waals surface area contributed by atoms with Gasteiger partial charge in [0.15, 0.2) is 0 Å². The van der Waals surface area contributed by atoms with Crippen molar-refractivity contribution in [1.29, 1.82) is 0 Å². The Kier molecular flexibility index (Phi) is 4.37. The lowest BCUT2D eigenvalue weighted by atomic mass is 10.1. The van der Waals surface area contributed by atoms with Gasteiger partial charge in [0.05, 0.1) is 6.61 Å². The molecule has 0 saturated heterocycles. The molecule has 0 heterocycles. The van der Waals surface area contributed by atoms with Crippen LogP contribution in [0.25, 0.3) is 11.1 Å². The minimum Gasteiger partial charge on any atom is -0.493 e.